The molecule has 4 heteroatoms. The van der Waals surface area contributed by atoms with Gasteiger partial charge in [0.1, 0.15) is 5.75 Å². The van der Waals surface area contributed by atoms with Crippen LogP contribution in [-0.4, -0.2) is 19.4 Å². The van der Waals surface area contributed by atoms with Crippen molar-refractivity contribution in [1.82, 2.24) is 5.32 Å². The number of nitrogens with one attached hydrogen (secondary N) is 1. The van der Waals surface area contributed by atoms with Crippen molar-refractivity contribution >= 4 is 17.9 Å². The second kappa shape index (κ2) is 5.80. The number of benzene rings is 1. The molecule has 16 heavy (non-hydrogen) atoms. The van der Waals surface area contributed by atoms with Crippen LogP contribution in [0.25, 0.3) is 0 Å². The normalized spacial score (nSPS) is 10.3. The van der Waals surface area contributed by atoms with Gasteiger partial charge in [-0.05, 0) is 29.9 Å². The number of hydrogen-bond acceptors (Lipinski definition) is 3. The van der Waals surface area contributed by atoms with Crippen LogP contribution in [0.4, 0.5) is 4.79 Å². The van der Waals surface area contributed by atoms with Crippen molar-refractivity contribution in [2.45, 2.75) is 24.7 Å². The maximum atomic E-state index is 11.2. The number of hydrogen-bond donors (Lipinski definition) is 1. The lowest BCUT2D eigenvalue weighted by atomic mass is 10.0. The first-order valence-electron chi connectivity index (χ1n) is 5.16. The van der Waals surface area contributed by atoms with Gasteiger partial charge in [-0.15, -0.1) is 11.8 Å². The summed E-state index contributed by atoms with van der Waals surface area (Å²) >= 11 is 1.56. The van der Waals surface area contributed by atoms with Gasteiger partial charge in [0, 0.05) is 11.9 Å². The summed E-state index contributed by atoms with van der Waals surface area (Å²) in [6.07, 6.45) is 1.53. The molecule has 0 aromatic heterocycles. The Bertz CT molecular complexity index is 377. The molecule has 0 unspecified atom stereocenters. The van der Waals surface area contributed by atoms with Crippen molar-refractivity contribution in [2.75, 3.05) is 13.3 Å². The van der Waals surface area contributed by atoms with Crippen LogP contribution >= 0.6 is 11.8 Å². The van der Waals surface area contributed by atoms with Gasteiger partial charge < -0.3 is 10.1 Å². The first-order valence-corrected chi connectivity index (χ1v) is 6.38. The minimum absolute atomic E-state index is 0.419. The molecule has 3 nitrogen and oxygen atoms in total. The Morgan fingerprint density at radius 1 is 1.44 bits per heavy atom. The molecule has 0 aliphatic heterocycles. The van der Waals surface area contributed by atoms with E-state index in [2.05, 4.69) is 25.2 Å². The third-order valence-corrected chi connectivity index (χ3v) is 3.04. The van der Waals surface area contributed by atoms with E-state index in [-0.39, 0.29) is 0 Å². The molecule has 1 N–H and O–H groups in total. The molecule has 1 aromatic carbocycles. The van der Waals surface area contributed by atoms with Crippen LogP contribution in [-0.2, 0) is 0 Å². The van der Waals surface area contributed by atoms with Crippen molar-refractivity contribution in [3.63, 3.8) is 0 Å². The largest absolute Gasteiger partial charge is 0.412 e. The Labute approximate surface area is 101 Å². The summed E-state index contributed by atoms with van der Waals surface area (Å²) in [6, 6.07) is 5.97. The summed E-state index contributed by atoms with van der Waals surface area (Å²) in [4.78, 5) is 12.2. The fraction of sp³-hybridized carbons (Fsp3) is 0.417. The number of carbonyl (C=O) groups is 1. The Balaban J connectivity index is 3.02. The van der Waals surface area contributed by atoms with Crippen LogP contribution in [0.5, 0.6) is 5.75 Å². The van der Waals surface area contributed by atoms with E-state index in [0.29, 0.717) is 11.7 Å². The third-order valence-electron chi connectivity index (χ3n) is 2.26. The van der Waals surface area contributed by atoms with E-state index in [0.717, 1.165) is 10.5 Å². The van der Waals surface area contributed by atoms with Gasteiger partial charge in [0.25, 0.3) is 0 Å². The van der Waals surface area contributed by atoms with Crippen molar-refractivity contribution in [1.29, 1.82) is 0 Å². The van der Waals surface area contributed by atoms with Crippen LogP contribution in [0.2, 0.25) is 0 Å². The average Bonchev–Trinajstić information content (AvgIpc) is 2.28. The minimum Gasteiger partial charge on any atom is -0.409 e. The first kappa shape index (κ1) is 12.9. The maximum absolute atomic E-state index is 11.2. The zero-order valence-electron chi connectivity index (χ0n) is 10.0. The molecule has 1 rings (SSSR count). The highest BCUT2D eigenvalue weighted by Gasteiger charge is 2.09. The molecule has 0 atom stereocenters. The lowest BCUT2D eigenvalue weighted by Gasteiger charge is -2.11. The molecule has 0 radical (unpaired) electrons. The number of amides is 1. The molecule has 0 aliphatic carbocycles. The van der Waals surface area contributed by atoms with Crippen molar-refractivity contribution in [3.8, 4) is 5.75 Å². The van der Waals surface area contributed by atoms with Gasteiger partial charge in [0.2, 0.25) is 0 Å². The lowest BCUT2D eigenvalue weighted by Crippen LogP contribution is -2.22. The summed E-state index contributed by atoms with van der Waals surface area (Å²) in [7, 11) is 1.55. The van der Waals surface area contributed by atoms with Gasteiger partial charge in [-0.2, -0.15) is 0 Å². The monoisotopic (exact) mass is 239 g/mol. The summed E-state index contributed by atoms with van der Waals surface area (Å²) in [6.45, 7) is 4.22. The smallest absolute Gasteiger partial charge is 0.409 e. The van der Waals surface area contributed by atoms with Crippen LogP contribution in [0.3, 0.4) is 0 Å². The SMILES string of the molecule is CNC(=O)Oc1cc(C(C)C)ccc1SC. The van der Waals surface area contributed by atoms with E-state index in [9.17, 15) is 4.79 Å². The second-order valence-electron chi connectivity index (χ2n) is 3.70. The van der Waals surface area contributed by atoms with Gasteiger partial charge in [-0.3, -0.25) is 0 Å². The maximum Gasteiger partial charge on any atom is 0.412 e. The third kappa shape index (κ3) is 3.17. The number of carbonyl (C=O) groups excluding carboxylic acids is 1. The second-order valence-corrected chi connectivity index (χ2v) is 4.55. The predicted molar refractivity (Wildman–Crippen MR) is 67.4 cm³/mol. The lowest BCUT2D eigenvalue weighted by molar-refractivity contribution is 0.202. The highest BCUT2D eigenvalue weighted by Crippen LogP contribution is 2.31. The van der Waals surface area contributed by atoms with E-state index in [4.69, 9.17) is 4.74 Å². The van der Waals surface area contributed by atoms with Crippen molar-refractivity contribution in [3.05, 3.63) is 23.8 Å². The Kier molecular flexibility index (Phi) is 4.68. The number of rotatable bonds is 3. The fourth-order valence-electron chi connectivity index (χ4n) is 1.28. The van der Waals surface area contributed by atoms with Gasteiger partial charge in [-0.25, -0.2) is 4.79 Å². The van der Waals surface area contributed by atoms with Gasteiger partial charge in [0.05, 0.1) is 0 Å². The molecule has 88 valence electrons. The number of thioether (sulfide) groups is 1. The van der Waals surface area contributed by atoms with Crippen molar-refractivity contribution < 1.29 is 9.53 Å². The number of ether oxygens (including phenoxy) is 1. The highest BCUT2D eigenvalue weighted by atomic mass is 32.2. The molecule has 1 aromatic rings. The average molecular weight is 239 g/mol. The van der Waals surface area contributed by atoms with Crippen LogP contribution in [0.15, 0.2) is 23.1 Å². The van der Waals surface area contributed by atoms with Crippen molar-refractivity contribution in [2.24, 2.45) is 0 Å². The molecule has 0 fully saturated rings. The summed E-state index contributed by atoms with van der Waals surface area (Å²) < 4.78 is 5.21. The molecule has 1 amide bonds. The fourth-order valence-corrected chi connectivity index (χ4v) is 1.79. The van der Waals surface area contributed by atoms with Gasteiger partial charge in [-0.1, -0.05) is 19.9 Å². The molecule has 0 heterocycles. The van der Waals surface area contributed by atoms with Gasteiger partial charge >= 0.3 is 6.09 Å². The minimum atomic E-state index is -0.434. The van der Waals surface area contributed by atoms with E-state index in [1.807, 2.05) is 18.4 Å². The molecule has 0 bridgehead atoms. The summed E-state index contributed by atoms with van der Waals surface area (Å²) in [5, 5.41) is 2.44. The van der Waals surface area contributed by atoms with Crippen LogP contribution < -0.4 is 10.1 Å². The summed E-state index contributed by atoms with van der Waals surface area (Å²) in [5.74, 6) is 1.04. The molecular weight excluding hydrogens is 222 g/mol. The first-order chi connectivity index (χ1) is 7.58. The molecule has 0 saturated carbocycles. The molecule has 0 aliphatic rings. The Hall–Kier alpha value is -1.16. The standard InChI is InChI=1S/C12H17NO2S/c1-8(2)9-5-6-11(16-4)10(7-9)15-12(14)13-3/h5-8H,1-4H3,(H,13,14). The topological polar surface area (TPSA) is 38.3 Å². The highest BCUT2D eigenvalue weighted by molar-refractivity contribution is 7.98. The van der Waals surface area contributed by atoms with E-state index < -0.39 is 6.09 Å². The quantitative estimate of drug-likeness (QED) is 0.823. The van der Waals surface area contributed by atoms with Gasteiger partial charge in [0.15, 0.2) is 0 Å². The Morgan fingerprint density at radius 3 is 2.62 bits per heavy atom. The summed E-state index contributed by atoms with van der Waals surface area (Å²) in [5.41, 5.74) is 1.16. The molecule has 0 saturated heterocycles. The van der Waals surface area contributed by atoms with E-state index >= 15 is 0 Å². The Morgan fingerprint density at radius 2 is 2.12 bits per heavy atom. The van der Waals surface area contributed by atoms with Crippen LogP contribution in [0, 0.1) is 0 Å². The van der Waals surface area contributed by atoms with Crippen LogP contribution in [0.1, 0.15) is 25.3 Å². The zero-order chi connectivity index (χ0) is 12.1. The van der Waals surface area contributed by atoms with E-state index in [1.54, 1.807) is 18.8 Å². The molecule has 0 spiro atoms. The molecular formula is C12H17NO2S. The predicted octanol–water partition coefficient (Wildman–Crippen LogP) is 3.25. The zero-order valence-corrected chi connectivity index (χ0v) is 10.9. The van der Waals surface area contributed by atoms with E-state index in [1.165, 1.54) is 0 Å².